The quantitative estimate of drug-likeness (QED) is 0.549. The van der Waals surface area contributed by atoms with Gasteiger partial charge in [-0.2, -0.15) is 0 Å². The molecule has 2 bridgehead atoms. The molecule has 1 aromatic heterocycles. The van der Waals surface area contributed by atoms with E-state index < -0.39 is 0 Å². The van der Waals surface area contributed by atoms with Crippen molar-refractivity contribution in [2.24, 2.45) is 16.2 Å². The van der Waals surface area contributed by atoms with Crippen molar-refractivity contribution in [1.29, 1.82) is 0 Å². The number of carbonyl (C=O) groups is 2. The number of nitrogens with zero attached hydrogens (tertiary/aromatic N) is 2. The van der Waals surface area contributed by atoms with Gasteiger partial charge in [0, 0.05) is 52.7 Å². The molecule has 0 radical (unpaired) electrons. The molecule has 1 aromatic carbocycles. The van der Waals surface area contributed by atoms with Crippen LogP contribution in [-0.4, -0.2) is 21.2 Å². The normalized spacial score (nSPS) is 34.1. The Labute approximate surface area is 213 Å². The van der Waals surface area contributed by atoms with E-state index in [0.717, 1.165) is 56.2 Å². The number of hydrogen-bond donors (Lipinski definition) is 2. The van der Waals surface area contributed by atoms with E-state index in [-0.39, 0.29) is 34.1 Å². The number of rotatable bonds is 6. The van der Waals surface area contributed by atoms with Crippen LogP contribution in [0, 0.1) is 16.2 Å². The molecule has 6 nitrogen and oxygen atoms in total. The number of Topliss-reactive ketones (excluding diaryl/α,β-unsaturated/α-hetero) is 1. The number of benzene rings is 1. The Bertz CT molecular complexity index is 1230. The fraction of sp³-hybridized carbons (Fsp3) is 0.500. The van der Waals surface area contributed by atoms with Crippen molar-refractivity contribution in [2.75, 3.05) is 5.73 Å². The van der Waals surface area contributed by atoms with Gasteiger partial charge in [0.2, 0.25) is 5.91 Å². The average Bonchev–Trinajstić information content (AvgIpc) is 3.29. The summed E-state index contributed by atoms with van der Waals surface area (Å²) in [5.74, 6) is 0.795. The molecule has 0 saturated heterocycles. The van der Waals surface area contributed by atoms with Gasteiger partial charge in [0.1, 0.15) is 5.78 Å². The summed E-state index contributed by atoms with van der Waals surface area (Å²) >= 11 is 0. The maximum absolute atomic E-state index is 14.1. The van der Waals surface area contributed by atoms with Crippen LogP contribution in [0.25, 0.3) is 0 Å². The van der Waals surface area contributed by atoms with E-state index in [0.29, 0.717) is 18.7 Å². The van der Waals surface area contributed by atoms with Gasteiger partial charge in [-0.05, 0) is 56.2 Å². The molecular weight excluding hydrogens is 448 g/mol. The van der Waals surface area contributed by atoms with E-state index in [9.17, 15) is 9.59 Å². The first-order chi connectivity index (χ1) is 17.4. The molecular formula is C30H36N4O2. The monoisotopic (exact) mass is 484 g/mol. The molecule has 36 heavy (non-hydrogen) atoms. The maximum Gasteiger partial charge on any atom is 0.226 e. The van der Waals surface area contributed by atoms with Gasteiger partial charge in [-0.25, -0.2) is 4.98 Å². The van der Waals surface area contributed by atoms with Gasteiger partial charge >= 0.3 is 0 Å². The zero-order chi connectivity index (χ0) is 25.0. The predicted molar refractivity (Wildman–Crippen MR) is 140 cm³/mol. The van der Waals surface area contributed by atoms with E-state index in [2.05, 4.69) is 46.1 Å². The molecule has 3 N–H and O–H groups in total. The molecule has 188 valence electrons. The molecule has 2 heterocycles. The fourth-order valence-corrected chi connectivity index (χ4v) is 7.55. The molecule has 0 spiro atoms. The van der Waals surface area contributed by atoms with Crippen LogP contribution in [0.4, 0.5) is 5.69 Å². The molecule has 2 aromatic rings. The lowest BCUT2D eigenvalue weighted by molar-refractivity contribution is -0.139. The number of amides is 1. The number of nitrogens with two attached hydrogens (primary N) is 1. The number of hydrogen-bond acceptors (Lipinski definition) is 4. The van der Waals surface area contributed by atoms with E-state index in [1.54, 1.807) is 0 Å². The number of aromatic nitrogens is 2. The lowest BCUT2D eigenvalue weighted by atomic mass is 9.61. The summed E-state index contributed by atoms with van der Waals surface area (Å²) < 4.78 is 2.24. The van der Waals surface area contributed by atoms with Crippen LogP contribution >= 0.6 is 0 Å². The van der Waals surface area contributed by atoms with E-state index in [1.807, 2.05) is 36.8 Å². The molecule has 3 saturated carbocycles. The lowest BCUT2D eigenvalue weighted by Gasteiger charge is -2.42. The van der Waals surface area contributed by atoms with E-state index >= 15 is 0 Å². The third-order valence-corrected chi connectivity index (χ3v) is 9.97. The fourth-order valence-electron chi connectivity index (χ4n) is 7.55. The predicted octanol–water partition coefficient (Wildman–Crippen LogP) is 5.24. The highest BCUT2D eigenvalue weighted by molar-refractivity contribution is 5.87. The molecule has 1 amide bonds. The SMILES string of the molecule is CC12C=CC=CC1c1cncn1C2CC(=O)C12CCCC(C(=O)NCc3ccc(N)cc3)(CC1)CC2. The summed E-state index contributed by atoms with van der Waals surface area (Å²) in [6.45, 7) is 2.80. The molecule has 1 aliphatic heterocycles. The number of nitrogen functional groups attached to an aromatic ring is 1. The molecule has 3 atom stereocenters. The minimum Gasteiger partial charge on any atom is -0.399 e. The first-order valence-corrected chi connectivity index (χ1v) is 13.4. The van der Waals surface area contributed by atoms with Crippen molar-refractivity contribution in [3.8, 4) is 0 Å². The van der Waals surface area contributed by atoms with Crippen molar-refractivity contribution >= 4 is 17.4 Å². The largest absolute Gasteiger partial charge is 0.399 e. The van der Waals surface area contributed by atoms with Crippen LogP contribution in [0.15, 0.2) is 61.1 Å². The van der Waals surface area contributed by atoms with E-state index in [4.69, 9.17) is 5.73 Å². The number of anilines is 1. The summed E-state index contributed by atoms with van der Waals surface area (Å²) in [5.41, 5.74) is 8.03. The number of ketones is 1. The van der Waals surface area contributed by atoms with Crippen molar-refractivity contribution < 1.29 is 9.59 Å². The lowest BCUT2D eigenvalue weighted by Crippen LogP contribution is -2.45. The summed E-state index contributed by atoms with van der Waals surface area (Å²) in [6, 6.07) is 7.74. The first kappa shape index (κ1) is 23.3. The first-order valence-electron chi connectivity index (χ1n) is 13.4. The van der Waals surface area contributed by atoms with Crippen LogP contribution in [-0.2, 0) is 16.1 Å². The second-order valence-electron chi connectivity index (χ2n) is 11.8. The second-order valence-corrected chi connectivity index (χ2v) is 11.8. The summed E-state index contributed by atoms with van der Waals surface area (Å²) in [5, 5.41) is 3.19. The van der Waals surface area contributed by atoms with Crippen LogP contribution in [0.1, 0.15) is 81.5 Å². The van der Waals surface area contributed by atoms with Crippen LogP contribution in [0.5, 0.6) is 0 Å². The smallest absolute Gasteiger partial charge is 0.226 e. The standard InChI is InChI=1S/C30H36N4O2/c1-28-10-3-2-5-23(28)24-19-32-20-34(24)25(28)17-26(35)29-11-4-12-30(15-13-29,16-14-29)27(36)33-18-21-6-8-22(31)9-7-21/h2-3,5-10,19-20,23,25H,4,11-18,31H2,1H3,(H,33,36). The Hall–Kier alpha value is -3.15. The Morgan fingerprint density at radius 1 is 1.06 bits per heavy atom. The topological polar surface area (TPSA) is 90.0 Å². The van der Waals surface area contributed by atoms with Crippen molar-refractivity contribution in [3.05, 3.63) is 72.4 Å². The third kappa shape index (κ3) is 3.56. The van der Waals surface area contributed by atoms with Crippen molar-refractivity contribution in [1.82, 2.24) is 14.9 Å². The molecule has 3 fully saturated rings. The van der Waals surface area contributed by atoms with Gasteiger partial charge in [-0.15, -0.1) is 0 Å². The van der Waals surface area contributed by atoms with Crippen LogP contribution in [0.2, 0.25) is 0 Å². The summed E-state index contributed by atoms with van der Waals surface area (Å²) in [6.07, 6.45) is 19.1. The molecule has 4 aliphatic carbocycles. The Morgan fingerprint density at radius 3 is 2.56 bits per heavy atom. The summed E-state index contributed by atoms with van der Waals surface area (Å²) in [4.78, 5) is 31.9. The zero-order valence-corrected chi connectivity index (χ0v) is 21.1. The minimum absolute atomic E-state index is 0.0845. The van der Waals surface area contributed by atoms with Gasteiger partial charge < -0.3 is 15.6 Å². The molecule has 3 unspecified atom stereocenters. The highest BCUT2D eigenvalue weighted by Gasteiger charge is 2.55. The number of allylic oxidation sites excluding steroid dienone is 4. The Balaban J connectivity index is 1.15. The average molecular weight is 485 g/mol. The van der Waals surface area contributed by atoms with Crippen LogP contribution in [0.3, 0.4) is 0 Å². The third-order valence-electron chi connectivity index (χ3n) is 9.97. The maximum atomic E-state index is 14.1. The molecule has 6 heteroatoms. The van der Waals surface area contributed by atoms with Crippen LogP contribution < -0.4 is 11.1 Å². The highest BCUT2D eigenvalue weighted by Crippen LogP contribution is 2.59. The van der Waals surface area contributed by atoms with Gasteiger partial charge in [-0.1, -0.05) is 49.8 Å². The zero-order valence-electron chi connectivity index (χ0n) is 21.1. The van der Waals surface area contributed by atoms with Crippen molar-refractivity contribution in [2.45, 2.75) is 76.8 Å². The number of nitrogens with one attached hydrogen (secondary N) is 1. The second kappa shape index (κ2) is 8.46. The van der Waals surface area contributed by atoms with Gasteiger partial charge in [-0.3, -0.25) is 9.59 Å². The van der Waals surface area contributed by atoms with Gasteiger partial charge in [0.15, 0.2) is 0 Å². The van der Waals surface area contributed by atoms with Gasteiger partial charge in [0.25, 0.3) is 0 Å². The minimum atomic E-state index is -0.340. The Morgan fingerprint density at radius 2 is 1.78 bits per heavy atom. The summed E-state index contributed by atoms with van der Waals surface area (Å²) in [7, 11) is 0. The number of fused-ring (bicyclic) bond motifs is 7. The number of carbonyl (C=O) groups excluding carboxylic acids is 2. The molecule has 5 aliphatic rings. The van der Waals surface area contributed by atoms with Crippen molar-refractivity contribution in [3.63, 3.8) is 0 Å². The van der Waals surface area contributed by atoms with Gasteiger partial charge in [0.05, 0.1) is 12.4 Å². The molecule has 7 rings (SSSR count). The highest BCUT2D eigenvalue weighted by atomic mass is 16.2. The Kier molecular flexibility index (Phi) is 5.47. The van der Waals surface area contributed by atoms with E-state index in [1.165, 1.54) is 5.69 Å². The number of imidazole rings is 1.